The summed E-state index contributed by atoms with van der Waals surface area (Å²) in [7, 11) is 2.07. The zero-order valence-corrected chi connectivity index (χ0v) is 13.2. The molecule has 1 aromatic rings. The number of hydrogen-bond acceptors (Lipinski definition) is 2. The van der Waals surface area contributed by atoms with Crippen molar-refractivity contribution in [2.75, 3.05) is 20.1 Å². The number of nitrogens with zero attached hydrogens (tertiary/aromatic N) is 1. The Kier molecular flexibility index (Phi) is 7.41. The Hall–Kier alpha value is -1.26. The first kappa shape index (κ1) is 16.8. The Bertz CT molecular complexity index is 425. The lowest BCUT2D eigenvalue weighted by Crippen LogP contribution is -2.41. The maximum atomic E-state index is 11.7. The zero-order chi connectivity index (χ0) is 15.0. The number of carbonyl (C=O) groups excluding carboxylic acids is 1. The molecule has 0 fully saturated rings. The summed E-state index contributed by atoms with van der Waals surface area (Å²) in [6, 6.07) is 7.86. The van der Waals surface area contributed by atoms with Crippen LogP contribution < -0.4 is 10.6 Å². The van der Waals surface area contributed by atoms with Crippen molar-refractivity contribution in [3.8, 4) is 0 Å². The molecule has 5 heteroatoms. The second kappa shape index (κ2) is 8.82. The van der Waals surface area contributed by atoms with Gasteiger partial charge in [0.2, 0.25) is 0 Å². The molecule has 0 aliphatic carbocycles. The Morgan fingerprint density at radius 1 is 1.35 bits per heavy atom. The van der Waals surface area contributed by atoms with Crippen molar-refractivity contribution >= 4 is 17.6 Å². The van der Waals surface area contributed by atoms with Crippen molar-refractivity contribution in [1.29, 1.82) is 0 Å². The highest BCUT2D eigenvalue weighted by Gasteiger charge is 2.07. The van der Waals surface area contributed by atoms with Crippen LogP contribution in [0.4, 0.5) is 4.79 Å². The van der Waals surface area contributed by atoms with Crippen LogP contribution in [0, 0.1) is 0 Å². The molecule has 4 nitrogen and oxygen atoms in total. The van der Waals surface area contributed by atoms with Crippen LogP contribution in [0.15, 0.2) is 24.3 Å². The molecule has 1 aromatic carbocycles. The van der Waals surface area contributed by atoms with E-state index in [1.54, 1.807) is 0 Å². The quantitative estimate of drug-likeness (QED) is 0.813. The molecule has 1 unspecified atom stereocenters. The van der Waals surface area contributed by atoms with E-state index in [2.05, 4.69) is 36.4 Å². The van der Waals surface area contributed by atoms with Crippen molar-refractivity contribution in [3.05, 3.63) is 34.9 Å². The third-order valence-corrected chi connectivity index (χ3v) is 3.86. The van der Waals surface area contributed by atoms with Crippen LogP contribution in [-0.4, -0.2) is 37.1 Å². The third kappa shape index (κ3) is 5.80. The first-order valence-electron chi connectivity index (χ1n) is 7.00. The Labute approximate surface area is 126 Å². The lowest BCUT2D eigenvalue weighted by Gasteiger charge is -2.23. The summed E-state index contributed by atoms with van der Waals surface area (Å²) in [4.78, 5) is 13.9. The molecule has 2 N–H and O–H groups in total. The van der Waals surface area contributed by atoms with E-state index in [0.29, 0.717) is 24.2 Å². The zero-order valence-electron chi connectivity index (χ0n) is 12.4. The van der Waals surface area contributed by atoms with Crippen LogP contribution in [0.3, 0.4) is 0 Å². The largest absolute Gasteiger partial charge is 0.337 e. The molecule has 0 aliphatic rings. The number of hydrogen-bond donors (Lipinski definition) is 2. The van der Waals surface area contributed by atoms with Crippen molar-refractivity contribution in [1.82, 2.24) is 15.5 Å². The molecule has 0 aliphatic heterocycles. The fraction of sp³-hybridized carbons (Fsp3) is 0.533. The lowest BCUT2D eigenvalue weighted by molar-refractivity contribution is 0.230. The maximum Gasteiger partial charge on any atom is 0.315 e. The van der Waals surface area contributed by atoms with Crippen LogP contribution in [0.1, 0.15) is 25.8 Å². The Morgan fingerprint density at radius 2 is 2.05 bits per heavy atom. The predicted molar refractivity (Wildman–Crippen MR) is 84.1 cm³/mol. The van der Waals surface area contributed by atoms with E-state index >= 15 is 0 Å². The number of nitrogens with one attached hydrogen (secondary N) is 2. The van der Waals surface area contributed by atoms with Crippen LogP contribution in [0.5, 0.6) is 0 Å². The molecule has 112 valence electrons. The van der Waals surface area contributed by atoms with Gasteiger partial charge in [0.15, 0.2) is 0 Å². The molecule has 1 atom stereocenters. The number of benzene rings is 1. The third-order valence-electron chi connectivity index (χ3n) is 3.49. The van der Waals surface area contributed by atoms with Crippen LogP contribution >= 0.6 is 11.6 Å². The molecule has 0 saturated heterocycles. The molecule has 0 aromatic heterocycles. The monoisotopic (exact) mass is 297 g/mol. The number of halogens is 1. The first-order valence-corrected chi connectivity index (χ1v) is 7.37. The van der Waals surface area contributed by atoms with E-state index in [-0.39, 0.29) is 6.03 Å². The van der Waals surface area contributed by atoms with Gasteiger partial charge in [0.25, 0.3) is 0 Å². The minimum absolute atomic E-state index is 0.164. The number of carbonyl (C=O) groups is 1. The van der Waals surface area contributed by atoms with Gasteiger partial charge in [0, 0.05) is 30.7 Å². The number of amides is 2. The summed E-state index contributed by atoms with van der Waals surface area (Å²) in [5.41, 5.74) is 0.918. The summed E-state index contributed by atoms with van der Waals surface area (Å²) in [6.45, 7) is 6.25. The normalized spacial score (nSPS) is 12.2. The minimum Gasteiger partial charge on any atom is -0.337 e. The molecule has 2 amide bonds. The summed E-state index contributed by atoms with van der Waals surface area (Å²) in [5.74, 6) is 0. The SMILES string of the molecule is CCC(C)N(C)CCNC(=O)NCc1ccccc1Cl. The van der Waals surface area contributed by atoms with E-state index in [1.165, 1.54) is 0 Å². The number of likely N-dealkylation sites (N-methyl/N-ethyl adjacent to an activating group) is 1. The van der Waals surface area contributed by atoms with Crippen LogP contribution in [-0.2, 0) is 6.54 Å². The van der Waals surface area contributed by atoms with Gasteiger partial charge < -0.3 is 15.5 Å². The highest BCUT2D eigenvalue weighted by atomic mass is 35.5. The van der Waals surface area contributed by atoms with E-state index in [4.69, 9.17) is 11.6 Å². The fourth-order valence-electron chi connectivity index (χ4n) is 1.76. The molecule has 0 bridgehead atoms. The van der Waals surface area contributed by atoms with Gasteiger partial charge in [0.05, 0.1) is 0 Å². The van der Waals surface area contributed by atoms with Crippen molar-refractivity contribution in [3.63, 3.8) is 0 Å². The van der Waals surface area contributed by atoms with Gasteiger partial charge in [-0.05, 0) is 32.0 Å². The van der Waals surface area contributed by atoms with Crippen molar-refractivity contribution in [2.45, 2.75) is 32.9 Å². The van der Waals surface area contributed by atoms with Crippen molar-refractivity contribution in [2.24, 2.45) is 0 Å². The summed E-state index contributed by atoms with van der Waals surface area (Å²) in [5, 5.41) is 6.32. The van der Waals surface area contributed by atoms with E-state index in [9.17, 15) is 4.79 Å². The Balaban J connectivity index is 2.23. The molecule has 1 rings (SSSR count). The van der Waals surface area contributed by atoms with E-state index < -0.39 is 0 Å². The minimum atomic E-state index is -0.164. The predicted octanol–water partition coefficient (Wildman–Crippen LogP) is 2.87. The van der Waals surface area contributed by atoms with Gasteiger partial charge in [0.1, 0.15) is 0 Å². The maximum absolute atomic E-state index is 11.7. The lowest BCUT2D eigenvalue weighted by atomic mass is 10.2. The summed E-state index contributed by atoms with van der Waals surface area (Å²) < 4.78 is 0. The topological polar surface area (TPSA) is 44.4 Å². The second-order valence-electron chi connectivity index (χ2n) is 4.94. The van der Waals surface area contributed by atoms with Crippen LogP contribution in [0.25, 0.3) is 0 Å². The summed E-state index contributed by atoms with van der Waals surface area (Å²) in [6.07, 6.45) is 1.11. The standard InChI is InChI=1S/C15H24ClN3O/c1-4-12(2)19(3)10-9-17-15(20)18-11-13-7-5-6-8-14(13)16/h5-8,12H,4,9-11H2,1-3H3,(H2,17,18,20). The fourth-order valence-corrected chi connectivity index (χ4v) is 1.96. The molecule has 0 heterocycles. The number of urea groups is 1. The second-order valence-corrected chi connectivity index (χ2v) is 5.35. The molecule has 0 spiro atoms. The highest BCUT2D eigenvalue weighted by Crippen LogP contribution is 2.14. The van der Waals surface area contributed by atoms with Crippen molar-refractivity contribution < 1.29 is 4.79 Å². The molecular formula is C15H24ClN3O. The van der Waals surface area contributed by atoms with E-state index in [0.717, 1.165) is 18.5 Å². The van der Waals surface area contributed by atoms with E-state index in [1.807, 2.05) is 24.3 Å². The summed E-state index contributed by atoms with van der Waals surface area (Å²) >= 11 is 6.03. The first-order chi connectivity index (χ1) is 9.54. The molecule has 0 saturated carbocycles. The van der Waals surface area contributed by atoms with Gasteiger partial charge in [-0.3, -0.25) is 0 Å². The van der Waals surface area contributed by atoms with Gasteiger partial charge in [-0.15, -0.1) is 0 Å². The average molecular weight is 298 g/mol. The van der Waals surface area contributed by atoms with Gasteiger partial charge in [-0.2, -0.15) is 0 Å². The molecule has 0 radical (unpaired) electrons. The van der Waals surface area contributed by atoms with Gasteiger partial charge in [-0.1, -0.05) is 36.7 Å². The smallest absolute Gasteiger partial charge is 0.315 e. The highest BCUT2D eigenvalue weighted by molar-refractivity contribution is 6.31. The van der Waals surface area contributed by atoms with Gasteiger partial charge in [-0.25, -0.2) is 4.79 Å². The average Bonchev–Trinajstić information content (AvgIpc) is 2.45. The van der Waals surface area contributed by atoms with Crippen LogP contribution in [0.2, 0.25) is 5.02 Å². The number of rotatable bonds is 7. The van der Waals surface area contributed by atoms with Gasteiger partial charge >= 0.3 is 6.03 Å². The molecule has 20 heavy (non-hydrogen) atoms. The Morgan fingerprint density at radius 3 is 2.70 bits per heavy atom. The molecular weight excluding hydrogens is 274 g/mol.